The van der Waals surface area contributed by atoms with E-state index >= 15 is 0 Å². The maximum atomic E-state index is 13.1. The van der Waals surface area contributed by atoms with Crippen molar-refractivity contribution in [3.8, 4) is 39.9 Å². The summed E-state index contributed by atoms with van der Waals surface area (Å²) in [7, 11) is 3.24. The molecule has 0 aromatic heterocycles. The maximum Gasteiger partial charge on any atom is 0.424 e. The van der Waals surface area contributed by atoms with E-state index < -0.39 is 29.4 Å². The molecule has 0 aliphatic carbocycles. The van der Waals surface area contributed by atoms with E-state index in [4.69, 9.17) is 37.9 Å². The van der Waals surface area contributed by atoms with Gasteiger partial charge in [0.15, 0.2) is 23.0 Å². The maximum absolute atomic E-state index is 13.1. The summed E-state index contributed by atoms with van der Waals surface area (Å²) in [5.74, 6) is 1.93. The van der Waals surface area contributed by atoms with Gasteiger partial charge in [-0.25, -0.2) is 4.79 Å². The Labute approximate surface area is 370 Å². The quantitative estimate of drug-likeness (QED) is 0.0967. The van der Waals surface area contributed by atoms with Crippen LogP contribution in [0.5, 0.6) is 28.7 Å². The van der Waals surface area contributed by atoms with Gasteiger partial charge in [-0.05, 0) is 99.7 Å². The number of carbonyl (C=O) groups excluding carboxylic acids is 4. The van der Waals surface area contributed by atoms with Crippen molar-refractivity contribution in [3.05, 3.63) is 65.7 Å². The van der Waals surface area contributed by atoms with E-state index in [2.05, 4.69) is 11.0 Å². The van der Waals surface area contributed by atoms with Gasteiger partial charge in [0, 0.05) is 44.0 Å². The van der Waals surface area contributed by atoms with E-state index in [1.807, 2.05) is 36.1 Å². The Morgan fingerprint density at radius 1 is 0.810 bits per heavy atom. The van der Waals surface area contributed by atoms with Crippen molar-refractivity contribution in [1.29, 1.82) is 0 Å². The lowest BCUT2D eigenvalue weighted by molar-refractivity contribution is -0.147. The molecule has 15 heteroatoms. The van der Waals surface area contributed by atoms with Gasteiger partial charge < -0.3 is 47.7 Å². The van der Waals surface area contributed by atoms with Crippen LogP contribution in [-0.4, -0.2) is 131 Å². The standard InChI is InChI=1S/C48H63N3O12/c1-7-43(52)50-20-22-61-45-37(31-50)27-36(35-12-16-40(56-5)41(28-35)57-6)29-42(45)62-32-33-9-8-18-49(30-33)19-21-58-23-24-59-25-26-60-38-13-10-34(11-14-38)39-15-17-44(53)51(46(39)54)47(55)63-48(2,3)4/h10-14,16,27-29,33,39H,7-9,15,17-26,30-32H2,1-6H3/t33-,39?/m1/s1. The molecule has 342 valence electrons. The van der Waals surface area contributed by atoms with Crippen molar-refractivity contribution in [2.75, 3.05) is 86.6 Å². The number of ether oxygens (including phenoxy) is 8. The third kappa shape index (κ3) is 12.9. The summed E-state index contributed by atoms with van der Waals surface area (Å²) in [5, 5.41) is 0. The summed E-state index contributed by atoms with van der Waals surface area (Å²) in [4.78, 5) is 55.7. The van der Waals surface area contributed by atoms with Gasteiger partial charge >= 0.3 is 6.09 Å². The zero-order valence-corrected chi connectivity index (χ0v) is 37.6. The Bertz CT molecular complexity index is 2030. The normalized spacial score (nSPS) is 18.3. The number of hydrogen-bond donors (Lipinski definition) is 0. The second-order valence-corrected chi connectivity index (χ2v) is 17.0. The van der Waals surface area contributed by atoms with Crippen molar-refractivity contribution < 1.29 is 57.1 Å². The summed E-state index contributed by atoms with van der Waals surface area (Å²) < 4.78 is 46.7. The predicted molar refractivity (Wildman–Crippen MR) is 234 cm³/mol. The third-order valence-corrected chi connectivity index (χ3v) is 11.2. The van der Waals surface area contributed by atoms with Crippen LogP contribution in [0.4, 0.5) is 4.79 Å². The van der Waals surface area contributed by atoms with E-state index in [0.717, 1.165) is 49.2 Å². The van der Waals surface area contributed by atoms with Crippen LogP contribution in [0, 0.1) is 5.92 Å². The first-order valence-corrected chi connectivity index (χ1v) is 22.0. The fourth-order valence-electron chi connectivity index (χ4n) is 8.03. The van der Waals surface area contributed by atoms with Crippen molar-refractivity contribution in [2.45, 2.75) is 77.9 Å². The highest BCUT2D eigenvalue weighted by Crippen LogP contribution is 2.41. The molecule has 2 fully saturated rings. The molecule has 3 aromatic rings. The average molecular weight is 874 g/mol. The number of fused-ring (bicyclic) bond motifs is 1. The summed E-state index contributed by atoms with van der Waals surface area (Å²) in [6, 6.07) is 17.0. The number of piperidine rings is 2. The molecule has 0 spiro atoms. The lowest BCUT2D eigenvalue weighted by atomic mass is 9.89. The van der Waals surface area contributed by atoms with Crippen molar-refractivity contribution in [1.82, 2.24) is 14.7 Å². The van der Waals surface area contributed by atoms with Gasteiger partial charge in [-0.1, -0.05) is 25.1 Å². The Morgan fingerprint density at radius 2 is 1.54 bits per heavy atom. The molecule has 0 N–H and O–H groups in total. The molecule has 6 rings (SSSR count). The molecule has 1 unspecified atom stereocenters. The molecular formula is C48H63N3O12. The SMILES string of the molecule is CCC(=O)N1CCOc2c(cc(-c3ccc(OC)c(OC)c3)cc2OC[C@@H]2CCCN(CCOCCOCCOc3ccc(C4CCC(=O)N(C(=O)OC(C)(C)C)C4=O)cc3)C2)C1. The minimum atomic E-state index is -0.941. The van der Waals surface area contributed by atoms with Crippen LogP contribution in [-0.2, 0) is 35.1 Å². The monoisotopic (exact) mass is 873 g/mol. The van der Waals surface area contributed by atoms with Gasteiger partial charge in [-0.15, -0.1) is 0 Å². The van der Waals surface area contributed by atoms with E-state index in [9.17, 15) is 19.2 Å². The molecule has 0 saturated carbocycles. The zero-order chi connectivity index (χ0) is 44.9. The first kappa shape index (κ1) is 47.1. The largest absolute Gasteiger partial charge is 0.493 e. The van der Waals surface area contributed by atoms with Crippen LogP contribution in [0.1, 0.15) is 76.8 Å². The van der Waals surface area contributed by atoms with E-state index in [0.29, 0.717) is 117 Å². The molecular weight excluding hydrogens is 811 g/mol. The fraction of sp³-hybridized carbons (Fsp3) is 0.542. The van der Waals surface area contributed by atoms with Crippen LogP contribution in [0.2, 0.25) is 0 Å². The van der Waals surface area contributed by atoms with E-state index in [1.54, 1.807) is 59.3 Å². The van der Waals surface area contributed by atoms with Crippen LogP contribution in [0.25, 0.3) is 11.1 Å². The van der Waals surface area contributed by atoms with Gasteiger partial charge in [0.05, 0.1) is 59.7 Å². The first-order chi connectivity index (χ1) is 30.4. The molecule has 4 amide bonds. The number of likely N-dealkylation sites (tertiary alicyclic amines) is 2. The average Bonchev–Trinajstić information content (AvgIpc) is 3.50. The van der Waals surface area contributed by atoms with E-state index in [1.165, 1.54) is 0 Å². The number of amides is 4. The third-order valence-electron chi connectivity index (χ3n) is 11.2. The number of rotatable bonds is 18. The smallest absolute Gasteiger partial charge is 0.424 e. The Balaban J connectivity index is 0.911. The molecule has 3 aliphatic heterocycles. The van der Waals surface area contributed by atoms with Crippen molar-refractivity contribution in [3.63, 3.8) is 0 Å². The topological polar surface area (TPSA) is 152 Å². The highest BCUT2D eigenvalue weighted by atomic mass is 16.6. The van der Waals surface area contributed by atoms with Gasteiger partial charge in [0.1, 0.15) is 24.6 Å². The molecule has 0 bridgehead atoms. The molecule has 2 saturated heterocycles. The van der Waals surface area contributed by atoms with Crippen LogP contribution in [0.3, 0.4) is 0 Å². The van der Waals surface area contributed by atoms with Gasteiger partial charge in [-0.3, -0.25) is 14.4 Å². The summed E-state index contributed by atoms with van der Waals surface area (Å²) >= 11 is 0. The molecule has 2 atom stereocenters. The lowest BCUT2D eigenvalue weighted by Crippen LogP contribution is -2.49. The number of benzene rings is 3. The number of hydrogen-bond acceptors (Lipinski definition) is 13. The molecule has 0 radical (unpaired) electrons. The second-order valence-electron chi connectivity index (χ2n) is 17.0. The van der Waals surface area contributed by atoms with Gasteiger partial charge in [0.25, 0.3) is 0 Å². The minimum absolute atomic E-state index is 0.0763. The summed E-state index contributed by atoms with van der Waals surface area (Å²) in [5.41, 5.74) is 2.66. The highest BCUT2D eigenvalue weighted by Gasteiger charge is 2.41. The second kappa shape index (κ2) is 22.3. The van der Waals surface area contributed by atoms with Gasteiger partial charge in [0.2, 0.25) is 17.7 Å². The number of methoxy groups -OCH3 is 2. The zero-order valence-electron chi connectivity index (χ0n) is 37.6. The van der Waals surface area contributed by atoms with Crippen LogP contribution in [0.15, 0.2) is 54.6 Å². The number of imide groups is 3. The molecule has 3 aliphatic rings. The Kier molecular flexibility index (Phi) is 16.7. The fourth-order valence-corrected chi connectivity index (χ4v) is 8.03. The first-order valence-electron chi connectivity index (χ1n) is 22.0. The number of nitrogens with zero attached hydrogens (tertiary/aromatic N) is 3. The van der Waals surface area contributed by atoms with E-state index in [-0.39, 0.29) is 12.3 Å². The van der Waals surface area contributed by atoms with Crippen molar-refractivity contribution >= 4 is 23.8 Å². The molecule has 15 nitrogen and oxygen atoms in total. The predicted octanol–water partition coefficient (Wildman–Crippen LogP) is 6.87. The molecule has 3 aromatic carbocycles. The van der Waals surface area contributed by atoms with Crippen LogP contribution >= 0.6 is 0 Å². The Morgan fingerprint density at radius 3 is 2.27 bits per heavy atom. The lowest BCUT2D eigenvalue weighted by Gasteiger charge is -2.32. The van der Waals surface area contributed by atoms with Gasteiger partial charge in [-0.2, -0.15) is 4.90 Å². The molecule has 3 heterocycles. The summed E-state index contributed by atoms with van der Waals surface area (Å²) in [6.07, 6.45) is 2.02. The summed E-state index contributed by atoms with van der Waals surface area (Å²) in [6.45, 7) is 13.8. The minimum Gasteiger partial charge on any atom is -0.493 e. The molecule has 63 heavy (non-hydrogen) atoms. The Hall–Kier alpha value is -5.38. The van der Waals surface area contributed by atoms with Crippen LogP contribution < -0.4 is 23.7 Å². The van der Waals surface area contributed by atoms with Crippen molar-refractivity contribution in [2.24, 2.45) is 5.92 Å². The highest BCUT2D eigenvalue weighted by molar-refractivity contribution is 6.12. The number of carbonyl (C=O) groups is 4.